The number of pyridine rings is 1. The zero-order valence-corrected chi connectivity index (χ0v) is 15.0. The molecule has 3 heterocycles. The van der Waals surface area contributed by atoms with Crippen LogP contribution in [-0.2, 0) is 0 Å². The monoisotopic (exact) mass is 402 g/mol. The van der Waals surface area contributed by atoms with Crippen molar-refractivity contribution < 1.29 is 18.7 Å². The molecular weight excluding hydrogens is 386 g/mol. The minimum Gasteiger partial charge on any atom is -0.477 e. The zero-order valence-electron chi connectivity index (χ0n) is 15.0. The summed E-state index contributed by atoms with van der Waals surface area (Å²) in [5.74, 6) is -3.44. The second kappa shape index (κ2) is 6.00. The number of aromatic nitrogens is 4. The summed E-state index contributed by atoms with van der Waals surface area (Å²) in [5, 5.41) is 16.5. The van der Waals surface area contributed by atoms with Crippen LogP contribution in [0.25, 0.3) is 10.9 Å². The molecule has 2 aromatic heterocycles. The molecule has 3 aromatic rings. The van der Waals surface area contributed by atoms with Gasteiger partial charge in [-0.25, -0.2) is 18.3 Å². The molecule has 0 unspecified atom stereocenters. The van der Waals surface area contributed by atoms with Crippen LogP contribution in [0, 0.1) is 11.6 Å². The third kappa shape index (κ3) is 2.50. The van der Waals surface area contributed by atoms with Crippen molar-refractivity contribution in [1.29, 1.82) is 0 Å². The molecule has 29 heavy (non-hydrogen) atoms. The number of fused-ring (bicyclic) bond motifs is 1. The van der Waals surface area contributed by atoms with Crippen LogP contribution in [0.15, 0.2) is 23.4 Å². The number of halogens is 2. The summed E-state index contributed by atoms with van der Waals surface area (Å²) in [6.45, 7) is 0.589. The number of benzene rings is 1. The predicted octanol–water partition coefficient (Wildman–Crippen LogP) is 1.55. The second-order valence-electron chi connectivity index (χ2n) is 7.37. The minimum atomic E-state index is -1.46. The number of hydrogen-bond acceptors (Lipinski definition) is 6. The highest BCUT2D eigenvalue weighted by Gasteiger charge is 2.37. The number of carbonyl (C=O) groups is 1. The van der Waals surface area contributed by atoms with Gasteiger partial charge in [-0.3, -0.25) is 4.79 Å². The van der Waals surface area contributed by atoms with Crippen molar-refractivity contribution in [3.8, 4) is 0 Å². The second-order valence-corrected chi connectivity index (χ2v) is 7.37. The van der Waals surface area contributed by atoms with Gasteiger partial charge < -0.3 is 20.3 Å². The Hall–Kier alpha value is -3.50. The fourth-order valence-electron chi connectivity index (χ4n) is 3.84. The molecule has 3 N–H and O–H groups in total. The number of carboxylic acid groups (broad SMARTS) is 1. The van der Waals surface area contributed by atoms with Gasteiger partial charge in [-0.05, 0) is 12.8 Å². The lowest BCUT2D eigenvalue weighted by molar-refractivity contribution is 0.0695. The van der Waals surface area contributed by atoms with Crippen LogP contribution >= 0.6 is 0 Å². The molecule has 1 saturated heterocycles. The first-order valence-corrected chi connectivity index (χ1v) is 9.07. The van der Waals surface area contributed by atoms with Crippen molar-refractivity contribution in [1.82, 2.24) is 19.6 Å². The van der Waals surface area contributed by atoms with E-state index in [1.165, 1.54) is 15.7 Å². The van der Waals surface area contributed by atoms with Crippen LogP contribution in [0.5, 0.6) is 0 Å². The average Bonchev–Trinajstić information content (AvgIpc) is 3.35. The molecule has 1 saturated carbocycles. The van der Waals surface area contributed by atoms with E-state index < -0.39 is 39.7 Å². The molecular formula is C18H16F2N6O3. The van der Waals surface area contributed by atoms with E-state index in [0.717, 1.165) is 6.20 Å². The molecule has 2 fully saturated rings. The SMILES string of the molecule is Nc1c(F)c(N2CC(n3ccnn3)C2)c(F)c2c1c(=O)c(C(=O)O)cn2C1CC1. The summed E-state index contributed by atoms with van der Waals surface area (Å²) in [5.41, 5.74) is 3.34. The number of hydrogen-bond donors (Lipinski definition) is 2. The number of carboxylic acids is 1. The smallest absolute Gasteiger partial charge is 0.341 e. The lowest BCUT2D eigenvalue weighted by Gasteiger charge is -2.41. The fourth-order valence-corrected chi connectivity index (χ4v) is 3.84. The fraction of sp³-hybridized carbons (Fsp3) is 0.333. The van der Waals surface area contributed by atoms with Gasteiger partial charge in [0, 0.05) is 31.5 Å². The molecule has 1 aliphatic carbocycles. The van der Waals surface area contributed by atoms with E-state index in [-0.39, 0.29) is 23.3 Å². The molecule has 0 bridgehead atoms. The highest BCUT2D eigenvalue weighted by molar-refractivity contribution is 5.99. The maximum atomic E-state index is 15.5. The van der Waals surface area contributed by atoms with Gasteiger partial charge in [0.25, 0.3) is 0 Å². The van der Waals surface area contributed by atoms with Gasteiger partial charge in [0.05, 0.1) is 28.8 Å². The van der Waals surface area contributed by atoms with Gasteiger partial charge in [-0.1, -0.05) is 5.21 Å². The topological polar surface area (TPSA) is 119 Å². The quantitative estimate of drug-likeness (QED) is 0.636. The number of aromatic carboxylic acids is 1. The summed E-state index contributed by atoms with van der Waals surface area (Å²) in [4.78, 5) is 25.6. The molecule has 1 aliphatic heterocycles. The van der Waals surface area contributed by atoms with Crippen molar-refractivity contribution in [2.45, 2.75) is 24.9 Å². The molecule has 150 valence electrons. The summed E-state index contributed by atoms with van der Waals surface area (Å²) < 4.78 is 33.6. The Morgan fingerprint density at radius 2 is 1.93 bits per heavy atom. The highest BCUT2D eigenvalue weighted by Crippen LogP contribution is 2.43. The van der Waals surface area contributed by atoms with Gasteiger partial charge in [-0.15, -0.1) is 5.10 Å². The molecule has 0 amide bonds. The largest absolute Gasteiger partial charge is 0.477 e. The first kappa shape index (κ1) is 17.6. The highest BCUT2D eigenvalue weighted by atomic mass is 19.1. The van der Waals surface area contributed by atoms with E-state index in [4.69, 9.17) is 5.73 Å². The van der Waals surface area contributed by atoms with Crippen LogP contribution < -0.4 is 16.1 Å². The van der Waals surface area contributed by atoms with E-state index in [2.05, 4.69) is 10.3 Å². The van der Waals surface area contributed by atoms with E-state index in [0.29, 0.717) is 25.9 Å². The van der Waals surface area contributed by atoms with Crippen LogP contribution in [0.4, 0.5) is 20.2 Å². The Morgan fingerprint density at radius 3 is 2.52 bits per heavy atom. The van der Waals surface area contributed by atoms with E-state index in [1.807, 2.05) is 0 Å². The van der Waals surface area contributed by atoms with Crippen molar-refractivity contribution >= 4 is 28.2 Å². The standard InChI is InChI=1S/C18H16F2N6O3/c19-12-14(21)11-15(25(8-1-2-8)7-10(17(11)27)18(28)29)13(20)16(12)24-5-9(6-24)26-4-3-22-23-26/h3-4,7-9H,1-2,5-6,21H2,(H,28,29). The number of anilines is 2. The van der Waals surface area contributed by atoms with Gasteiger partial charge in [0.15, 0.2) is 11.6 Å². The van der Waals surface area contributed by atoms with Crippen molar-refractivity contribution in [2.75, 3.05) is 23.7 Å². The maximum absolute atomic E-state index is 15.5. The Morgan fingerprint density at radius 1 is 1.21 bits per heavy atom. The Labute approximate surface area is 161 Å². The normalized spacial score (nSPS) is 17.0. The average molecular weight is 402 g/mol. The number of nitrogens with zero attached hydrogens (tertiary/aromatic N) is 5. The molecule has 5 rings (SSSR count). The molecule has 2 aliphatic rings. The summed E-state index contributed by atoms with van der Waals surface area (Å²) in [6.07, 6.45) is 5.74. The lowest BCUT2D eigenvalue weighted by atomic mass is 10.0. The van der Waals surface area contributed by atoms with Gasteiger partial charge >= 0.3 is 5.97 Å². The Bertz CT molecular complexity index is 1210. The van der Waals surface area contributed by atoms with Gasteiger partial charge in [0.1, 0.15) is 11.3 Å². The minimum absolute atomic E-state index is 0.0896. The maximum Gasteiger partial charge on any atom is 0.341 e. The lowest BCUT2D eigenvalue weighted by Crippen LogP contribution is -2.49. The van der Waals surface area contributed by atoms with Crippen LogP contribution in [0.3, 0.4) is 0 Å². The number of nitrogens with two attached hydrogens (primary N) is 1. The summed E-state index contributed by atoms with van der Waals surface area (Å²) in [7, 11) is 0. The van der Waals surface area contributed by atoms with Crippen molar-refractivity contribution in [3.05, 3.63) is 46.0 Å². The van der Waals surface area contributed by atoms with Crippen molar-refractivity contribution in [3.63, 3.8) is 0 Å². The number of nitrogen functional groups attached to an aromatic ring is 1. The Kier molecular flexibility index (Phi) is 3.64. The molecule has 0 spiro atoms. The van der Waals surface area contributed by atoms with Crippen molar-refractivity contribution in [2.24, 2.45) is 0 Å². The summed E-state index contributed by atoms with van der Waals surface area (Å²) in [6, 6.07) is -0.240. The van der Waals surface area contributed by atoms with Crippen LogP contribution in [-0.4, -0.2) is 43.7 Å². The summed E-state index contributed by atoms with van der Waals surface area (Å²) >= 11 is 0. The Balaban J connectivity index is 1.69. The van der Waals surface area contributed by atoms with Crippen LogP contribution in [0.1, 0.15) is 35.3 Å². The molecule has 0 atom stereocenters. The van der Waals surface area contributed by atoms with E-state index in [9.17, 15) is 14.7 Å². The number of rotatable bonds is 4. The zero-order chi connectivity index (χ0) is 20.4. The molecule has 0 radical (unpaired) electrons. The van der Waals surface area contributed by atoms with Gasteiger partial charge in [-0.2, -0.15) is 0 Å². The van der Waals surface area contributed by atoms with Gasteiger partial charge in [0.2, 0.25) is 5.43 Å². The molecule has 11 heteroatoms. The third-order valence-corrected chi connectivity index (χ3v) is 5.53. The first-order valence-electron chi connectivity index (χ1n) is 9.07. The molecule has 1 aromatic carbocycles. The van der Waals surface area contributed by atoms with E-state index >= 15 is 8.78 Å². The predicted molar refractivity (Wildman–Crippen MR) is 99.0 cm³/mol. The molecule has 9 nitrogen and oxygen atoms in total. The third-order valence-electron chi connectivity index (χ3n) is 5.53. The van der Waals surface area contributed by atoms with E-state index in [1.54, 1.807) is 10.9 Å². The van der Waals surface area contributed by atoms with Crippen LogP contribution in [0.2, 0.25) is 0 Å². The first-order chi connectivity index (χ1) is 13.9.